The van der Waals surface area contributed by atoms with Crippen molar-refractivity contribution in [1.82, 2.24) is 10.6 Å². The van der Waals surface area contributed by atoms with Gasteiger partial charge < -0.3 is 15.4 Å². The van der Waals surface area contributed by atoms with Gasteiger partial charge in [-0.3, -0.25) is 0 Å². The highest BCUT2D eigenvalue weighted by Gasteiger charge is 2.16. The first kappa shape index (κ1) is 15.8. The van der Waals surface area contributed by atoms with Crippen LogP contribution in [-0.4, -0.2) is 25.3 Å². The molecule has 2 amide bonds. The van der Waals surface area contributed by atoms with E-state index < -0.39 is 0 Å². The van der Waals surface area contributed by atoms with Crippen LogP contribution in [-0.2, 0) is 4.74 Å². The van der Waals surface area contributed by atoms with E-state index in [9.17, 15) is 4.79 Å². The van der Waals surface area contributed by atoms with Crippen LogP contribution in [0.25, 0.3) is 10.8 Å². The number of nitrogens with one attached hydrogen (secondary N) is 2. The van der Waals surface area contributed by atoms with E-state index in [0.717, 1.165) is 38.0 Å². The Kier molecular flexibility index (Phi) is 5.13. The number of benzene rings is 2. The summed E-state index contributed by atoms with van der Waals surface area (Å²) in [6.45, 7) is 3.54. The molecule has 2 N–H and O–H groups in total. The van der Waals surface area contributed by atoms with Gasteiger partial charge in [0.15, 0.2) is 0 Å². The van der Waals surface area contributed by atoms with Gasteiger partial charge in [-0.15, -0.1) is 0 Å². The van der Waals surface area contributed by atoms with E-state index in [4.69, 9.17) is 4.74 Å². The molecule has 4 nitrogen and oxygen atoms in total. The molecule has 2 aromatic rings. The van der Waals surface area contributed by atoms with Crippen molar-refractivity contribution < 1.29 is 9.53 Å². The molecule has 122 valence electrons. The Bertz CT molecular complexity index is 663. The smallest absolute Gasteiger partial charge is 0.315 e. The van der Waals surface area contributed by atoms with Crippen LogP contribution in [0.2, 0.25) is 0 Å². The molecule has 1 aliphatic heterocycles. The van der Waals surface area contributed by atoms with Crippen LogP contribution in [0, 0.1) is 0 Å². The van der Waals surface area contributed by atoms with Gasteiger partial charge in [0.2, 0.25) is 0 Å². The van der Waals surface area contributed by atoms with E-state index in [2.05, 4.69) is 41.0 Å². The molecule has 1 saturated heterocycles. The largest absolute Gasteiger partial charge is 0.381 e. The summed E-state index contributed by atoms with van der Waals surface area (Å²) in [5.74, 6) is 0. The predicted molar refractivity (Wildman–Crippen MR) is 92.5 cm³/mol. The van der Waals surface area contributed by atoms with Crippen molar-refractivity contribution in [3.8, 4) is 0 Å². The molecule has 23 heavy (non-hydrogen) atoms. The normalized spacial score (nSPS) is 19.8. The number of rotatable bonds is 3. The van der Waals surface area contributed by atoms with Gasteiger partial charge in [0.25, 0.3) is 0 Å². The average Bonchev–Trinajstić information content (AvgIpc) is 2.83. The zero-order valence-corrected chi connectivity index (χ0v) is 13.5. The minimum absolute atomic E-state index is 0.0263. The zero-order chi connectivity index (χ0) is 16.1. The van der Waals surface area contributed by atoms with Gasteiger partial charge >= 0.3 is 6.03 Å². The lowest BCUT2D eigenvalue weighted by molar-refractivity contribution is 0.142. The zero-order valence-electron chi connectivity index (χ0n) is 13.5. The number of ether oxygens (including phenoxy) is 1. The first-order valence-corrected chi connectivity index (χ1v) is 8.36. The monoisotopic (exact) mass is 312 g/mol. The first-order valence-electron chi connectivity index (χ1n) is 8.36. The third kappa shape index (κ3) is 4.23. The summed E-state index contributed by atoms with van der Waals surface area (Å²) in [7, 11) is 0. The maximum Gasteiger partial charge on any atom is 0.315 e. The van der Waals surface area contributed by atoms with Gasteiger partial charge in [-0.05, 0) is 48.6 Å². The van der Waals surface area contributed by atoms with Crippen LogP contribution in [0.4, 0.5) is 4.79 Å². The fourth-order valence-corrected chi connectivity index (χ4v) is 3.03. The molecule has 3 rings (SSSR count). The Balaban J connectivity index is 1.60. The Hall–Kier alpha value is -2.07. The van der Waals surface area contributed by atoms with Crippen molar-refractivity contribution in [2.75, 3.05) is 13.2 Å². The van der Waals surface area contributed by atoms with Gasteiger partial charge in [-0.25, -0.2) is 4.79 Å². The van der Waals surface area contributed by atoms with Crippen molar-refractivity contribution in [3.05, 3.63) is 48.0 Å². The summed E-state index contributed by atoms with van der Waals surface area (Å²) in [6, 6.07) is 14.7. The highest BCUT2D eigenvalue weighted by molar-refractivity contribution is 5.83. The number of fused-ring (bicyclic) bond motifs is 1. The van der Waals surface area contributed by atoms with Crippen molar-refractivity contribution in [2.24, 2.45) is 0 Å². The number of hydrogen-bond acceptors (Lipinski definition) is 2. The fraction of sp³-hybridized carbons (Fsp3) is 0.421. The molecule has 1 aliphatic rings. The van der Waals surface area contributed by atoms with Gasteiger partial charge in [-0.2, -0.15) is 0 Å². The molecule has 0 aliphatic carbocycles. The second kappa shape index (κ2) is 7.47. The molecular weight excluding hydrogens is 288 g/mol. The topological polar surface area (TPSA) is 50.4 Å². The standard InChI is InChI=1S/C19H24N2O2/c1-14(16-9-8-15-5-2-3-6-17(15)13-16)20-19(22)21-18-7-4-11-23-12-10-18/h2-3,5-6,8-9,13-14,18H,4,7,10-12H2,1H3,(H2,20,21,22)/t14-,18+/m0/s1. The molecule has 1 fully saturated rings. The van der Waals surface area contributed by atoms with E-state index in [-0.39, 0.29) is 18.1 Å². The molecule has 0 bridgehead atoms. The molecule has 0 aromatic heterocycles. The number of amides is 2. The fourth-order valence-electron chi connectivity index (χ4n) is 3.03. The van der Waals surface area contributed by atoms with Crippen LogP contribution in [0.3, 0.4) is 0 Å². The molecule has 4 heteroatoms. The molecule has 0 unspecified atom stereocenters. The molecule has 0 spiro atoms. The van der Waals surface area contributed by atoms with Gasteiger partial charge in [0.05, 0.1) is 6.04 Å². The summed E-state index contributed by atoms with van der Waals surface area (Å²) in [5.41, 5.74) is 1.11. The van der Waals surface area contributed by atoms with Gasteiger partial charge in [0, 0.05) is 19.3 Å². The van der Waals surface area contributed by atoms with Gasteiger partial charge in [-0.1, -0.05) is 36.4 Å². The summed E-state index contributed by atoms with van der Waals surface area (Å²) >= 11 is 0. The Morgan fingerprint density at radius 1 is 1.13 bits per heavy atom. The summed E-state index contributed by atoms with van der Waals surface area (Å²) in [6.07, 6.45) is 2.88. The second-order valence-corrected chi connectivity index (χ2v) is 6.19. The van der Waals surface area contributed by atoms with Crippen LogP contribution < -0.4 is 10.6 Å². The van der Waals surface area contributed by atoms with Crippen molar-refractivity contribution >= 4 is 16.8 Å². The molecule has 2 atom stereocenters. The maximum absolute atomic E-state index is 12.2. The van der Waals surface area contributed by atoms with Crippen LogP contribution >= 0.6 is 0 Å². The van der Waals surface area contributed by atoms with E-state index in [1.165, 1.54) is 10.8 Å². The summed E-state index contributed by atoms with van der Waals surface area (Å²) in [4.78, 5) is 12.2. The van der Waals surface area contributed by atoms with E-state index in [1.54, 1.807) is 0 Å². The molecule has 0 radical (unpaired) electrons. The molecule has 0 saturated carbocycles. The van der Waals surface area contributed by atoms with Crippen LogP contribution in [0.5, 0.6) is 0 Å². The van der Waals surface area contributed by atoms with E-state index in [1.807, 2.05) is 19.1 Å². The minimum atomic E-state index is -0.0995. The molecule has 2 aromatic carbocycles. The Morgan fingerprint density at radius 3 is 2.83 bits per heavy atom. The van der Waals surface area contributed by atoms with Crippen LogP contribution in [0.1, 0.15) is 37.8 Å². The third-order valence-electron chi connectivity index (χ3n) is 4.41. The van der Waals surface area contributed by atoms with Crippen molar-refractivity contribution in [3.63, 3.8) is 0 Å². The Morgan fingerprint density at radius 2 is 1.96 bits per heavy atom. The lowest BCUT2D eigenvalue weighted by Gasteiger charge is -2.20. The Labute approximate surface area is 137 Å². The van der Waals surface area contributed by atoms with E-state index in [0.29, 0.717) is 0 Å². The van der Waals surface area contributed by atoms with Crippen molar-refractivity contribution in [2.45, 2.75) is 38.3 Å². The summed E-state index contributed by atoms with van der Waals surface area (Å²) in [5, 5.41) is 8.51. The molecule has 1 heterocycles. The predicted octanol–water partition coefficient (Wildman–Crippen LogP) is 3.77. The number of carbonyl (C=O) groups is 1. The van der Waals surface area contributed by atoms with E-state index >= 15 is 0 Å². The first-order chi connectivity index (χ1) is 11.2. The maximum atomic E-state index is 12.2. The minimum Gasteiger partial charge on any atom is -0.381 e. The average molecular weight is 312 g/mol. The lowest BCUT2D eigenvalue weighted by atomic mass is 10.0. The molecular formula is C19H24N2O2. The van der Waals surface area contributed by atoms with Gasteiger partial charge in [0.1, 0.15) is 0 Å². The third-order valence-corrected chi connectivity index (χ3v) is 4.41. The number of urea groups is 1. The second-order valence-electron chi connectivity index (χ2n) is 6.19. The number of carbonyl (C=O) groups excluding carboxylic acids is 1. The van der Waals surface area contributed by atoms with Crippen LogP contribution in [0.15, 0.2) is 42.5 Å². The SMILES string of the molecule is C[C@H](NC(=O)N[C@@H]1CCCOCC1)c1ccc2ccccc2c1. The highest BCUT2D eigenvalue weighted by atomic mass is 16.5. The summed E-state index contributed by atoms with van der Waals surface area (Å²) < 4.78 is 5.43. The highest BCUT2D eigenvalue weighted by Crippen LogP contribution is 2.20. The number of hydrogen-bond donors (Lipinski definition) is 2. The lowest BCUT2D eigenvalue weighted by Crippen LogP contribution is -2.43. The quantitative estimate of drug-likeness (QED) is 0.906. The van der Waals surface area contributed by atoms with Crippen molar-refractivity contribution in [1.29, 1.82) is 0 Å².